The molecule has 6 aromatic rings. The fraction of sp³-hybridized carbons (Fsp3) is 0.0500. The molecule has 2 unspecified atom stereocenters. The predicted molar refractivity (Wildman–Crippen MR) is 171 cm³/mol. The fourth-order valence-corrected chi connectivity index (χ4v) is 7.13. The highest BCUT2D eigenvalue weighted by Crippen LogP contribution is 2.49. The summed E-state index contributed by atoms with van der Waals surface area (Å²) in [5, 5.41) is 5.00. The van der Waals surface area contributed by atoms with Crippen molar-refractivity contribution in [2.24, 2.45) is 5.92 Å². The maximum absolute atomic E-state index is 6.33. The first-order valence-electron chi connectivity index (χ1n) is 14.4. The summed E-state index contributed by atoms with van der Waals surface area (Å²) in [7, 11) is 0. The Morgan fingerprint density at radius 1 is 0.537 bits per heavy atom. The number of ether oxygens (including phenoxy) is 1. The predicted octanol–water partition coefficient (Wildman–Crippen LogP) is 11.0. The smallest absolute Gasteiger partial charge is 0.135 e. The largest absolute Gasteiger partial charge is 0.456 e. The minimum atomic E-state index is 0.382. The van der Waals surface area contributed by atoms with Gasteiger partial charge in [-0.2, -0.15) is 0 Å². The number of allylic oxidation sites excluding steroid dienone is 5. The third kappa shape index (κ3) is 3.36. The molecule has 0 bridgehead atoms. The van der Waals surface area contributed by atoms with Crippen molar-refractivity contribution in [2.75, 3.05) is 0 Å². The van der Waals surface area contributed by atoms with Crippen molar-refractivity contribution >= 4 is 27.6 Å². The van der Waals surface area contributed by atoms with Crippen molar-refractivity contribution < 1.29 is 4.74 Å². The number of para-hydroxylation sites is 1. The summed E-state index contributed by atoms with van der Waals surface area (Å²) in [4.78, 5) is 0. The number of fused-ring (bicyclic) bond motifs is 6. The van der Waals surface area contributed by atoms with Crippen LogP contribution in [-0.2, 0) is 0 Å². The van der Waals surface area contributed by atoms with Gasteiger partial charge in [0, 0.05) is 22.8 Å². The number of benzene rings is 6. The van der Waals surface area contributed by atoms with Gasteiger partial charge in [0.1, 0.15) is 11.5 Å². The van der Waals surface area contributed by atoms with Crippen molar-refractivity contribution in [2.45, 2.75) is 5.92 Å². The number of hydrogen-bond donors (Lipinski definition) is 0. The van der Waals surface area contributed by atoms with Gasteiger partial charge in [-0.3, -0.25) is 0 Å². The summed E-state index contributed by atoms with van der Waals surface area (Å²) < 4.78 is 6.33. The van der Waals surface area contributed by atoms with E-state index in [0.29, 0.717) is 11.8 Å². The van der Waals surface area contributed by atoms with Crippen LogP contribution in [0.4, 0.5) is 0 Å². The normalized spacial score (nSPS) is 17.7. The molecule has 0 spiro atoms. The van der Waals surface area contributed by atoms with E-state index in [2.05, 4.69) is 134 Å². The average Bonchev–Trinajstić information content (AvgIpc) is 3.04. The van der Waals surface area contributed by atoms with E-state index in [9.17, 15) is 0 Å². The molecule has 2 aliphatic carbocycles. The Bertz CT molecular complexity index is 2120. The molecule has 1 nitrogen and oxygen atoms in total. The maximum Gasteiger partial charge on any atom is 0.135 e. The van der Waals surface area contributed by atoms with Gasteiger partial charge in [0.05, 0.1) is 0 Å². The van der Waals surface area contributed by atoms with Gasteiger partial charge in [-0.15, -0.1) is 0 Å². The second-order valence-corrected chi connectivity index (χ2v) is 11.2. The van der Waals surface area contributed by atoms with Gasteiger partial charge in [0.2, 0.25) is 0 Å². The van der Waals surface area contributed by atoms with Crippen LogP contribution in [0.15, 0.2) is 140 Å². The molecular formula is C40H26O. The van der Waals surface area contributed by atoms with Gasteiger partial charge in [-0.25, -0.2) is 0 Å². The van der Waals surface area contributed by atoms with Crippen LogP contribution in [-0.4, -0.2) is 0 Å². The first-order valence-corrected chi connectivity index (χ1v) is 14.4. The summed E-state index contributed by atoms with van der Waals surface area (Å²) in [6.07, 6.45) is 13.8. The summed E-state index contributed by atoms with van der Waals surface area (Å²) >= 11 is 0. The lowest BCUT2D eigenvalue weighted by Crippen LogP contribution is -2.14. The lowest BCUT2D eigenvalue weighted by Gasteiger charge is -2.30. The van der Waals surface area contributed by atoms with E-state index in [1.165, 1.54) is 60.5 Å². The Hall–Kier alpha value is -5.14. The van der Waals surface area contributed by atoms with Crippen molar-refractivity contribution in [3.05, 3.63) is 151 Å². The summed E-state index contributed by atoms with van der Waals surface area (Å²) in [5.74, 6) is 2.65. The topological polar surface area (TPSA) is 9.23 Å². The Morgan fingerprint density at radius 3 is 2.27 bits per heavy atom. The second kappa shape index (κ2) is 8.68. The van der Waals surface area contributed by atoms with Crippen LogP contribution in [0.5, 0.6) is 11.5 Å². The van der Waals surface area contributed by atoms with Crippen molar-refractivity contribution in [3.8, 4) is 44.9 Å². The molecule has 0 aromatic heterocycles. The molecular weight excluding hydrogens is 496 g/mol. The van der Waals surface area contributed by atoms with Crippen LogP contribution in [0.25, 0.3) is 61.0 Å². The fourth-order valence-electron chi connectivity index (χ4n) is 7.13. The van der Waals surface area contributed by atoms with E-state index < -0.39 is 0 Å². The van der Waals surface area contributed by atoms with Crippen LogP contribution in [0.1, 0.15) is 17.0 Å². The minimum Gasteiger partial charge on any atom is -0.456 e. The maximum atomic E-state index is 6.33. The molecule has 9 rings (SSSR count). The van der Waals surface area contributed by atoms with E-state index in [1.54, 1.807) is 0 Å². The third-order valence-electron chi connectivity index (χ3n) is 9.03. The molecule has 0 amide bonds. The molecule has 0 radical (unpaired) electrons. The van der Waals surface area contributed by atoms with Crippen molar-refractivity contribution in [1.29, 1.82) is 0 Å². The standard InChI is InChI=1S/C40H26O/c1-3-10-29-25(8-1)20-21-35-36(29)24-28-9-2-4-11-31(28)39(35)27-18-16-26(17-19-27)30-22-23-38-40-33(30)13-7-14-34(40)32-12-5-6-15-37(32)41-38/h1-25,29H. The zero-order valence-electron chi connectivity index (χ0n) is 22.4. The van der Waals surface area contributed by atoms with Gasteiger partial charge >= 0.3 is 0 Å². The highest BCUT2D eigenvalue weighted by Gasteiger charge is 2.27. The van der Waals surface area contributed by atoms with E-state index in [-0.39, 0.29) is 0 Å². The molecule has 0 saturated carbocycles. The average molecular weight is 523 g/mol. The summed E-state index contributed by atoms with van der Waals surface area (Å²) in [6, 6.07) is 39.6. The van der Waals surface area contributed by atoms with Gasteiger partial charge in [-0.1, -0.05) is 127 Å². The molecule has 0 saturated heterocycles. The Morgan fingerprint density at radius 2 is 1.32 bits per heavy atom. The van der Waals surface area contributed by atoms with Crippen LogP contribution >= 0.6 is 0 Å². The zero-order valence-corrected chi connectivity index (χ0v) is 22.4. The molecule has 0 N–H and O–H groups in total. The van der Waals surface area contributed by atoms with Crippen molar-refractivity contribution in [3.63, 3.8) is 0 Å². The van der Waals surface area contributed by atoms with Crippen molar-refractivity contribution in [1.82, 2.24) is 0 Å². The molecule has 41 heavy (non-hydrogen) atoms. The molecule has 0 fully saturated rings. The molecule has 6 aromatic carbocycles. The number of hydrogen-bond acceptors (Lipinski definition) is 1. The lowest BCUT2D eigenvalue weighted by molar-refractivity contribution is 0.487. The quantitative estimate of drug-likeness (QED) is 0.219. The third-order valence-corrected chi connectivity index (χ3v) is 9.03. The Kier molecular flexibility index (Phi) is 4.80. The highest BCUT2D eigenvalue weighted by molar-refractivity contribution is 6.10. The highest BCUT2D eigenvalue weighted by atomic mass is 16.5. The van der Waals surface area contributed by atoms with E-state index in [4.69, 9.17) is 4.74 Å². The van der Waals surface area contributed by atoms with E-state index in [0.717, 1.165) is 17.1 Å². The van der Waals surface area contributed by atoms with E-state index >= 15 is 0 Å². The molecule has 1 heteroatoms. The van der Waals surface area contributed by atoms with Gasteiger partial charge in [0.15, 0.2) is 0 Å². The molecule has 1 aliphatic heterocycles. The Labute approximate surface area is 239 Å². The first kappa shape index (κ1) is 22.7. The minimum absolute atomic E-state index is 0.382. The summed E-state index contributed by atoms with van der Waals surface area (Å²) in [6.45, 7) is 0. The lowest BCUT2D eigenvalue weighted by atomic mass is 9.74. The molecule has 192 valence electrons. The van der Waals surface area contributed by atoms with Crippen LogP contribution in [0, 0.1) is 5.92 Å². The zero-order chi connectivity index (χ0) is 26.9. The first-order chi connectivity index (χ1) is 20.3. The molecule has 3 aliphatic rings. The van der Waals surface area contributed by atoms with Gasteiger partial charge in [-0.05, 0) is 73.3 Å². The molecule has 2 atom stereocenters. The van der Waals surface area contributed by atoms with E-state index in [1.807, 2.05) is 12.1 Å². The van der Waals surface area contributed by atoms with Crippen LogP contribution in [0.2, 0.25) is 0 Å². The Balaban J connectivity index is 1.20. The molecule has 1 heterocycles. The van der Waals surface area contributed by atoms with Crippen LogP contribution < -0.4 is 4.74 Å². The summed E-state index contributed by atoms with van der Waals surface area (Å²) in [5.41, 5.74) is 10.1. The van der Waals surface area contributed by atoms with Gasteiger partial charge < -0.3 is 4.74 Å². The number of rotatable bonds is 2. The second-order valence-electron chi connectivity index (χ2n) is 11.2. The SMILES string of the molecule is C1=CC2C=Cc3c(cc4ccccc4c3-c3ccc(-c4ccc5c6c(cccc46)-c4ccccc4O5)cc3)C2C=C1. The van der Waals surface area contributed by atoms with Crippen LogP contribution in [0.3, 0.4) is 0 Å². The van der Waals surface area contributed by atoms with Gasteiger partial charge in [0.25, 0.3) is 0 Å². The monoisotopic (exact) mass is 522 g/mol.